The summed E-state index contributed by atoms with van der Waals surface area (Å²) in [4.78, 5) is 0. The first-order valence-electron chi connectivity index (χ1n) is 9.65. The van der Waals surface area contributed by atoms with Crippen molar-refractivity contribution in [2.75, 3.05) is 0 Å². The molecule has 0 heterocycles. The average molecular weight is 432 g/mol. The Balaban J connectivity index is 1.20. The summed E-state index contributed by atoms with van der Waals surface area (Å²) in [6, 6.07) is 0. The number of fused-ring (bicyclic) bond motifs is 4. The Labute approximate surface area is 149 Å². The molecule has 126 valence electrons. The Hall–Kier alpha value is 1.04. The van der Waals surface area contributed by atoms with Gasteiger partial charge in [0.25, 0.3) is 0 Å². The molecule has 4 bridgehead atoms. The normalized spacial score (nSPS) is 47.5. The molecule has 0 saturated heterocycles. The molecule has 0 unspecified atom stereocenters. The maximum absolute atomic E-state index is 2.56. The molecule has 6 fully saturated rings. The predicted molar refractivity (Wildman–Crippen MR) is 97.3 cm³/mol. The third-order valence-corrected chi connectivity index (χ3v) is 16.2. The second-order valence-corrected chi connectivity index (χ2v) is 17.5. The van der Waals surface area contributed by atoms with Crippen LogP contribution in [0.1, 0.15) is 66.2 Å². The van der Waals surface area contributed by atoms with E-state index in [1.165, 1.54) is 0 Å². The van der Waals surface area contributed by atoms with Crippen molar-refractivity contribution >= 4 is 26.3 Å². The van der Waals surface area contributed by atoms with E-state index in [1.54, 1.807) is 49.2 Å². The summed E-state index contributed by atoms with van der Waals surface area (Å²) in [6.45, 7) is 10.3. The Kier molecular flexibility index (Phi) is 4.35. The molecule has 0 aromatic rings. The fraction of sp³-hybridized carbons (Fsp3) is 1.00. The van der Waals surface area contributed by atoms with Gasteiger partial charge in [-0.05, 0) is 0 Å². The molecule has 6 aliphatic carbocycles. The predicted octanol–water partition coefficient (Wildman–Crippen LogP) is 5.29. The van der Waals surface area contributed by atoms with Crippen molar-refractivity contribution in [3.05, 3.63) is 0 Å². The summed E-state index contributed by atoms with van der Waals surface area (Å²) in [5, 5.41) is 3.27. The average Bonchev–Trinajstić information content (AvgIpc) is 2.51. The number of hydrogen-bond donors (Lipinski definition) is 0. The van der Waals surface area contributed by atoms with E-state index in [-0.39, 0.29) is 0 Å². The third kappa shape index (κ3) is 2.51. The minimum absolute atomic E-state index is 0.709. The van der Waals surface area contributed by atoms with Crippen LogP contribution in [0.3, 0.4) is 0 Å². The molecule has 0 amide bonds. The zero-order chi connectivity index (χ0) is 15.5. The molecule has 0 spiro atoms. The van der Waals surface area contributed by atoms with Gasteiger partial charge >= 0.3 is 149 Å². The maximum atomic E-state index is 2.56. The van der Waals surface area contributed by atoms with Crippen molar-refractivity contribution in [3.8, 4) is 0 Å². The summed E-state index contributed by atoms with van der Waals surface area (Å²) in [5.41, 5.74) is 1.42. The van der Waals surface area contributed by atoms with Crippen LogP contribution in [-0.4, -0.2) is 26.3 Å². The molecule has 2 heteroatoms. The molecule has 0 aromatic heterocycles. The van der Waals surface area contributed by atoms with Crippen LogP contribution in [0.25, 0.3) is 0 Å². The van der Waals surface area contributed by atoms with Crippen molar-refractivity contribution in [2.45, 2.75) is 76.9 Å². The molecular formula is C20H34Se2. The van der Waals surface area contributed by atoms with Crippen LogP contribution >= 0.6 is 0 Å². The van der Waals surface area contributed by atoms with Gasteiger partial charge in [-0.1, -0.05) is 0 Å². The van der Waals surface area contributed by atoms with Gasteiger partial charge in [0.1, 0.15) is 0 Å². The van der Waals surface area contributed by atoms with E-state index < -0.39 is 0 Å². The van der Waals surface area contributed by atoms with Crippen LogP contribution in [0.15, 0.2) is 0 Å². The van der Waals surface area contributed by atoms with E-state index >= 15 is 0 Å². The number of rotatable bonds is 5. The zero-order valence-corrected chi connectivity index (χ0v) is 18.4. The second kappa shape index (κ2) is 5.79. The van der Waals surface area contributed by atoms with E-state index in [9.17, 15) is 0 Å². The van der Waals surface area contributed by atoms with Crippen molar-refractivity contribution in [2.24, 2.45) is 46.3 Å². The molecule has 6 saturated carbocycles. The van der Waals surface area contributed by atoms with Crippen molar-refractivity contribution in [1.29, 1.82) is 0 Å². The van der Waals surface area contributed by atoms with Crippen molar-refractivity contribution < 1.29 is 0 Å². The SMILES string of the molecule is CC1(C)[C@@H]2CC[C@@H](C[Se][Se]C[C@@H]3CC[C@@H]4C[C@H]3C4(C)C)[C@H]1C2. The summed E-state index contributed by atoms with van der Waals surface area (Å²) in [7, 11) is 0. The van der Waals surface area contributed by atoms with Gasteiger partial charge in [-0.3, -0.25) is 0 Å². The van der Waals surface area contributed by atoms with Gasteiger partial charge in [-0.2, -0.15) is 0 Å². The van der Waals surface area contributed by atoms with E-state index in [2.05, 4.69) is 27.7 Å². The van der Waals surface area contributed by atoms with Gasteiger partial charge in [0.15, 0.2) is 0 Å². The monoisotopic (exact) mass is 434 g/mol. The van der Waals surface area contributed by atoms with Gasteiger partial charge in [-0.15, -0.1) is 0 Å². The zero-order valence-electron chi connectivity index (χ0n) is 14.9. The Morgan fingerprint density at radius 3 is 1.41 bits per heavy atom. The van der Waals surface area contributed by atoms with E-state index in [0.29, 0.717) is 10.8 Å². The Morgan fingerprint density at radius 1 is 0.682 bits per heavy atom. The van der Waals surface area contributed by atoms with Crippen LogP contribution in [0.2, 0.25) is 10.6 Å². The fourth-order valence-electron chi connectivity index (χ4n) is 6.60. The Bertz CT molecular complexity index is 383. The van der Waals surface area contributed by atoms with Gasteiger partial charge in [0.2, 0.25) is 0 Å². The third-order valence-electron chi connectivity index (χ3n) is 8.65. The number of hydrogen-bond acceptors (Lipinski definition) is 0. The van der Waals surface area contributed by atoms with Crippen molar-refractivity contribution in [3.63, 3.8) is 0 Å². The fourth-order valence-corrected chi connectivity index (χ4v) is 15.3. The van der Waals surface area contributed by atoms with Gasteiger partial charge in [-0.25, -0.2) is 0 Å². The summed E-state index contributed by atoms with van der Waals surface area (Å²) in [6.07, 6.45) is 9.44. The molecule has 0 aromatic carbocycles. The van der Waals surface area contributed by atoms with Gasteiger partial charge < -0.3 is 0 Å². The molecule has 0 radical (unpaired) electrons. The van der Waals surface area contributed by atoms with Crippen LogP contribution in [0, 0.1) is 46.3 Å². The molecule has 0 N–H and O–H groups in total. The summed E-state index contributed by atoms with van der Waals surface area (Å²) >= 11 is 2.00. The van der Waals surface area contributed by atoms with E-state index in [4.69, 9.17) is 0 Å². The molecule has 6 atom stereocenters. The first-order valence-corrected chi connectivity index (χ1v) is 16.4. The van der Waals surface area contributed by atoms with Crippen LogP contribution in [-0.2, 0) is 0 Å². The molecule has 6 aliphatic rings. The van der Waals surface area contributed by atoms with Crippen LogP contribution < -0.4 is 0 Å². The van der Waals surface area contributed by atoms with E-state index in [1.807, 2.05) is 0 Å². The molecule has 22 heavy (non-hydrogen) atoms. The molecular weight excluding hydrogens is 398 g/mol. The quantitative estimate of drug-likeness (QED) is 0.409. The second-order valence-electron chi connectivity index (χ2n) is 9.96. The molecule has 0 nitrogen and oxygen atoms in total. The summed E-state index contributed by atoms with van der Waals surface area (Å²) < 4.78 is 0. The minimum atomic E-state index is 0.709. The summed E-state index contributed by atoms with van der Waals surface area (Å²) in [5.74, 6) is 6.62. The standard InChI is InChI=1S/C20H34Se2/c1-19(2)15-7-5-13(17(19)9-15)11-21-22-12-14-6-8-16-10-18(14)20(16,3)4/h13-18H,5-12H2,1-4H3/t13-,14-,15+,16+,17+,18+/m0/s1. The topological polar surface area (TPSA) is 0 Å². The van der Waals surface area contributed by atoms with E-state index in [0.717, 1.165) is 61.8 Å². The molecule has 0 aliphatic heterocycles. The first kappa shape index (κ1) is 16.5. The first-order chi connectivity index (χ1) is 10.4. The van der Waals surface area contributed by atoms with Crippen LogP contribution in [0.5, 0.6) is 0 Å². The van der Waals surface area contributed by atoms with Crippen LogP contribution in [0.4, 0.5) is 0 Å². The molecule has 6 rings (SSSR count). The van der Waals surface area contributed by atoms with Crippen molar-refractivity contribution in [1.82, 2.24) is 0 Å². The van der Waals surface area contributed by atoms with Gasteiger partial charge in [0, 0.05) is 0 Å². The van der Waals surface area contributed by atoms with Gasteiger partial charge in [0.05, 0.1) is 0 Å². The Morgan fingerprint density at radius 2 is 1.09 bits per heavy atom.